The molecule has 0 saturated carbocycles. The van der Waals surface area contributed by atoms with E-state index in [1.165, 1.54) is 0 Å². The van der Waals surface area contributed by atoms with Crippen molar-refractivity contribution in [2.75, 3.05) is 32.1 Å². The van der Waals surface area contributed by atoms with Gasteiger partial charge < -0.3 is 20.5 Å². The smallest absolute Gasteiger partial charge is 0.142 e. The van der Waals surface area contributed by atoms with Crippen LogP contribution >= 0.6 is 0 Å². The highest BCUT2D eigenvalue weighted by atomic mass is 16.5. The second-order valence-electron chi connectivity index (χ2n) is 4.52. The first kappa shape index (κ1) is 12.2. The molecule has 94 valence electrons. The number of para-hydroxylation sites is 1. The number of ether oxygens (including phenoxy) is 1. The third-order valence-corrected chi connectivity index (χ3v) is 3.51. The summed E-state index contributed by atoms with van der Waals surface area (Å²) in [6.45, 7) is 1.21. The van der Waals surface area contributed by atoms with Gasteiger partial charge in [0.15, 0.2) is 0 Å². The number of benzene rings is 1. The number of anilines is 1. The molecular weight excluding hydrogens is 216 g/mol. The van der Waals surface area contributed by atoms with Gasteiger partial charge in [-0.1, -0.05) is 12.1 Å². The Hall–Kier alpha value is -1.26. The second kappa shape index (κ2) is 4.94. The number of nitrogens with two attached hydrogens (primary N) is 1. The van der Waals surface area contributed by atoms with Crippen molar-refractivity contribution < 1.29 is 9.84 Å². The van der Waals surface area contributed by atoms with Crippen LogP contribution in [0.4, 0.5) is 5.69 Å². The monoisotopic (exact) mass is 236 g/mol. The first-order chi connectivity index (χ1) is 8.19. The average Bonchev–Trinajstić information content (AvgIpc) is 2.37. The molecule has 0 amide bonds. The minimum atomic E-state index is -0.477. The Morgan fingerprint density at radius 3 is 3.00 bits per heavy atom. The Balaban J connectivity index is 2.46. The fourth-order valence-electron chi connectivity index (χ4n) is 2.58. The van der Waals surface area contributed by atoms with Crippen molar-refractivity contribution >= 4 is 5.69 Å². The highest BCUT2D eigenvalue weighted by Crippen LogP contribution is 2.41. The summed E-state index contributed by atoms with van der Waals surface area (Å²) in [7, 11) is 3.72. The molecule has 1 aliphatic rings. The van der Waals surface area contributed by atoms with E-state index in [0.29, 0.717) is 6.54 Å². The van der Waals surface area contributed by atoms with Crippen molar-refractivity contribution in [1.82, 2.24) is 0 Å². The maximum atomic E-state index is 9.99. The number of nitrogens with zero attached hydrogens (tertiary/aromatic N) is 1. The molecule has 2 atom stereocenters. The van der Waals surface area contributed by atoms with Gasteiger partial charge >= 0.3 is 0 Å². The van der Waals surface area contributed by atoms with Crippen LogP contribution in [0.25, 0.3) is 0 Å². The quantitative estimate of drug-likeness (QED) is 0.820. The zero-order valence-electron chi connectivity index (χ0n) is 10.4. The maximum absolute atomic E-state index is 9.99. The van der Waals surface area contributed by atoms with Crippen LogP contribution in [0.15, 0.2) is 18.2 Å². The minimum Gasteiger partial charge on any atom is -0.495 e. The highest BCUT2D eigenvalue weighted by Gasteiger charge is 2.29. The molecule has 2 rings (SSSR count). The van der Waals surface area contributed by atoms with E-state index in [0.717, 1.165) is 30.0 Å². The third-order valence-electron chi connectivity index (χ3n) is 3.51. The van der Waals surface area contributed by atoms with Gasteiger partial charge in [0.2, 0.25) is 0 Å². The predicted octanol–water partition coefficient (Wildman–Crippen LogP) is 0.938. The Bertz CT molecular complexity index is 395. The summed E-state index contributed by atoms with van der Waals surface area (Å²) in [5, 5.41) is 9.99. The molecule has 3 N–H and O–H groups in total. The molecule has 1 heterocycles. The van der Waals surface area contributed by atoms with Crippen LogP contribution < -0.4 is 15.4 Å². The topological polar surface area (TPSA) is 58.7 Å². The Kier molecular flexibility index (Phi) is 3.54. The van der Waals surface area contributed by atoms with Crippen LogP contribution in [0.2, 0.25) is 0 Å². The maximum Gasteiger partial charge on any atom is 0.142 e. The van der Waals surface area contributed by atoms with Crippen molar-refractivity contribution in [3.8, 4) is 5.75 Å². The summed E-state index contributed by atoms with van der Waals surface area (Å²) in [6, 6.07) is 5.97. The number of hydrogen-bond acceptors (Lipinski definition) is 4. The molecule has 0 fully saturated rings. The first-order valence-corrected chi connectivity index (χ1v) is 5.95. The lowest BCUT2D eigenvalue weighted by Gasteiger charge is -2.36. The van der Waals surface area contributed by atoms with E-state index >= 15 is 0 Å². The van der Waals surface area contributed by atoms with Crippen LogP contribution in [-0.2, 0) is 0 Å². The molecule has 17 heavy (non-hydrogen) atoms. The molecule has 0 aliphatic carbocycles. The van der Waals surface area contributed by atoms with E-state index in [1.54, 1.807) is 7.11 Å². The van der Waals surface area contributed by atoms with Crippen LogP contribution in [0.1, 0.15) is 17.9 Å². The van der Waals surface area contributed by atoms with Crippen molar-refractivity contribution in [3.05, 3.63) is 23.8 Å². The van der Waals surface area contributed by atoms with Crippen LogP contribution in [0.3, 0.4) is 0 Å². The van der Waals surface area contributed by atoms with Crippen LogP contribution in [0.5, 0.6) is 5.75 Å². The molecule has 0 bridgehead atoms. The number of fused-ring (bicyclic) bond motifs is 1. The molecule has 1 aliphatic heterocycles. The van der Waals surface area contributed by atoms with Gasteiger partial charge in [-0.15, -0.1) is 0 Å². The van der Waals surface area contributed by atoms with Gasteiger partial charge in [0.1, 0.15) is 5.75 Å². The van der Waals surface area contributed by atoms with E-state index in [-0.39, 0.29) is 5.92 Å². The summed E-state index contributed by atoms with van der Waals surface area (Å²) >= 11 is 0. The number of rotatable bonds is 3. The Morgan fingerprint density at radius 2 is 2.35 bits per heavy atom. The second-order valence-corrected chi connectivity index (χ2v) is 4.52. The van der Waals surface area contributed by atoms with Crippen LogP contribution in [0, 0.1) is 0 Å². The normalized spacial score (nSPS) is 20.9. The zero-order chi connectivity index (χ0) is 12.4. The first-order valence-electron chi connectivity index (χ1n) is 5.95. The molecule has 0 spiro atoms. The minimum absolute atomic E-state index is 0.112. The standard InChI is InChI=1S/C13H20N2O2/c1-15-7-6-9(11(16)8-14)10-4-3-5-12(17-2)13(10)15/h3-5,9,11,16H,6-8,14H2,1-2H3. The molecule has 1 aromatic rings. The number of aliphatic hydroxyl groups excluding tert-OH is 1. The van der Waals surface area contributed by atoms with Crippen molar-refractivity contribution in [1.29, 1.82) is 0 Å². The van der Waals surface area contributed by atoms with Gasteiger partial charge in [-0.2, -0.15) is 0 Å². The molecular formula is C13H20N2O2. The zero-order valence-corrected chi connectivity index (χ0v) is 10.4. The van der Waals surface area contributed by atoms with Crippen molar-refractivity contribution in [2.24, 2.45) is 5.73 Å². The van der Waals surface area contributed by atoms with Crippen molar-refractivity contribution in [3.63, 3.8) is 0 Å². The van der Waals surface area contributed by atoms with E-state index in [1.807, 2.05) is 19.2 Å². The van der Waals surface area contributed by atoms with Gasteiger partial charge in [-0.25, -0.2) is 0 Å². The Morgan fingerprint density at radius 1 is 1.59 bits per heavy atom. The summed E-state index contributed by atoms with van der Waals surface area (Å²) in [4.78, 5) is 2.17. The van der Waals surface area contributed by atoms with E-state index in [4.69, 9.17) is 10.5 Å². The molecule has 0 radical (unpaired) electrons. The third kappa shape index (κ3) is 2.10. The molecule has 0 saturated heterocycles. The van der Waals surface area contributed by atoms with E-state index < -0.39 is 6.10 Å². The van der Waals surface area contributed by atoms with Gasteiger partial charge in [0.25, 0.3) is 0 Å². The Labute approximate surface area is 102 Å². The van der Waals surface area contributed by atoms with Gasteiger partial charge in [0, 0.05) is 26.1 Å². The van der Waals surface area contributed by atoms with Gasteiger partial charge in [-0.05, 0) is 18.1 Å². The fourth-order valence-corrected chi connectivity index (χ4v) is 2.58. The average molecular weight is 236 g/mol. The fraction of sp³-hybridized carbons (Fsp3) is 0.538. The van der Waals surface area contributed by atoms with Crippen LogP contribution in [-0.4, -0.2) is 38.5 Å². The molecule has 1 aromatic carbocycles. The highest BCUT2D eigenvalue weighted by molar-refractivity contribution is 5.66. The van der Waals surface area contributed by atoms with Crippen molar-refractivity contribution in [2.45, 2.75) is 18.4 Å². The van der Waals surface area contributed by atoms with E-state index in [9.17, 15) is 5.11 Å². The van der Waals surface area contributed by atoms with Gasteiger partial charge in [0.05, 0.1) is 18.9 Å². The predicted molar refractivity (Wildman–Crippen MR) is 68.7 cm³/mol. The van der Waals surface area contributed by atoms with E-state index in [2.05, 4.69) is 11.0 Å². The number of hydrogen-bond donors (Lipinski definition) is 2. The lowest BCUT2D eigenvalue weighted by Crippen LogP contribution is -2.35. The summed E-state index contributed by atoms with van der Waals surface area (Å²) in [6.07, 6.45) is 0.448. The number of methoxy groups -OCH3 is 1. The van der Waals surface area contributed by atoms with Gasteiger partial charge in [-0.3, -0.25) is 0 Å². The lowest BCUT2D eigenvalue weighted by atomic mass is 9.85. The summed E-state index contributed by atoms with van der Waals surface area (Å²) in [5.41, 5.74) is 7.79. The SMILES string of the molecule is COc1cccc2c1N(C)CCC2C(O)CN. The number of aliphatic hydroxyl groups is 1. The lowest BCUT2D eigenvalue weighted by molar-refractivity contribution is 0.145. The summed E-state index contributed by atoms with van der Waals surface area (Å²) < 4.78 is 5.39. The summed E-state index contributed by atoms with van der Waals surface area (Å²) in [5.74, 6) is 0.972. The largest absolute Gasteiger partial charge is 0.495 e. The molecule has 0 aromatic heterocycles. The molecule has 4 nitrogen and oxygen atoms in total. The molecule has 2 unspecified atom stereocenters. The molecule has 4 heteroatoms.